The number of amides is 2. The highest BCUT2D eigenvalue weighted by atomic mass is 16.6. The smallest absolute Gasteiger partial charge is 0.269 e. The van der Waals surface area contributed by atoms with Crippen LogP contribution in [0.15, 0.2) is 24.3 Å². The van der Waals surface area contributed by atoms with E-state index in [1.807, 2.05) is 5.32 Å². The average Bonchev–Trinajstić information content (AvgIpc) is 2.42. The molecule has 0 saturated heterocycles. The number of carboxylic acid groups (broad SMARTS) is 1. The maximum Gasteiger partial charge on any atom is 0.269 e. The third-order valence-corrected chi connectivity index (χ3v) is 2.18. The molecule has 9 nitrogen and oxygen atoms in total. The number of nitro groups is 1. The van der Waals surface area contributed by atoms with Gasteiger partial charge in [0, 0.05) is 17.7 Å². The Kier molecular flexibility index (Phi) is 5.15. The lowest BCUT2D eigenvalue weighted by Crippen LogP contribution is -2.42. The van der Waals surface area contributed by atoms with Crippen LogP contribution in [-0.2, 0) is 9.59 Å². The van der Waals surface area contributed by atoms with Crippen LogP contribution in [0.3, 0.4) is 0 Å². The Morgan fingerprint density at radius 3 is 2.15 bits per heavy atom. The van der Waals surface area contributed by atoms with Crippen LogP contribution < -0.4 is 15.7 Å². The molecule has 0 aliphatic carbocycles. The highest BCUT2D eigenvalue weighted by Crippen LogP contribution is 2.11. The van der Waals surface area contributed by atoms with Gasteiger partial charge in [-0.2, -0.15) is 0 Å². The summed E-state index contributed by atoms with van der Waals surface area (Å²) in [4.78, 5) is 42.6. The molecule has 0 saturated carbocycles. The number of carbonyl (C=O) groups is 3. The van der Waals surface area contributed by atoms with Crippen molar-refractivity contribution in [1.82, 2.24) is 10.6 Å². The van der Waals surface area contributed by atoms with Crippen LogP contribution in [0.4, 0.5) is 5.69 Å². The van der Waals surface area contributed by atoms with E-state index < -0.39 is 35.8 Å². The Hall–Kier alpha value is -2.97. The second kappa shape index (κ2) is 6.83. The highest BCUT2D eigenvalue weighted by molar-refractivity contribution is 5.96. The Labute approximate surface area is 112 Å². The van der Waals surface area contributed by atoms with Gasteiger partial charge in [0.2, 0.25) is 5.91 Å². The third kappa shape index (κ3) is 4.72. The quantitative estimate of drug-likeness (QED) is 0.464. The molecule has 1 aromatic rings. The maximum absolute atomic E-state index is 11.6. The summed E-state index contributed by atoms with van der Waals surface area (Å²) in [5.41, 5.74) is -0.0171. The number of rotatable bonds is 6. The number of hydrogen-bond donors (Lipinski definition) is 2. The molecule has 106 valence electrons. The molecule has 1 rings (SSSR count). The van der Waals surface area contributed by atoms with Crippen molar-refractivity contribution in [2.24, 2.45) is 0 Å². The summed E-state index contributed by atoms with van der Waals surface area (Å²) in [6.45, 7) is -1.06. The summed E-state index contributed by atoms with van der Waals surface area (Å²) >= 11 is 0. The van der Waals surface area contributed by atoms with Crippen LogP contribution >= 0.6 is 0 Å². The first-order valence-corrected chi connectivity index (χ1v) is 5.39. The summed E-state index contributed by atoms with van der Waals surface area (Å²) in [7, 11) is 0. The van der Waals surface area contributed by atoms with E-state index in [4.69, 9.17) is 0 Å². The fourth-order valence-corrected chi connectivity index (χ4v) is 1.23. The first-order valence-electron chi connectivity index (χ1n) is 5.39. The van der Waals surface area contributed by atoms with Crippen molar-refractivity contribution in [2.45, 2.75) is 0 Å². The zero-order valence-electron chi connectivity index (χ0n) is 10.1. The molecule has 1 aromatic carbocycles. The van der Waals surface area contributed by atoms with E-state index in [2.05, 4.69) is 5.32 Å². The van der Waals surface area contributed by atoms with Crippen molar-refractivity contribution < 1.29 is 24.4 Å². The normalized spacial score (nSPS) is 9.60. The molecule has 0 bridgehead atoms. The van der Waals surface area contributed by atoms with Crippen molar-refractivity contribution in [3.8, 4) is 0 Å². The van der Waals surface area contributed by atoms with Crippen LogP contribution in [0.5, 0.6) is 0 Å². The topological polar surface area (TPSA) is 141 Å². The highest BCUT2D eigenvalue weighted by Gasteiger charge is 2.10. The summed E-state index contributed by atoms with van der Waals surface area (Å²) in [5.74, 6) is -2.74. The molecule has 9 heteroatoms. The number of non-ortho nitro benzene ring substituents is 1. The molecule has 0 aromatic heterocycles. The van der Waals surface area contributed by atoms with E-state index in [0.29, 0.717) is 0 Å². The van der Waals surface area contributed by atoms with Crippen LogP contribution in [0.2, 0.25) is 0 Å². The Morgan fingerprint density at radius 1 is 1.05 bits per heavy atom. The average molecular weight is 280 g/mol. The van der Waals surface area contributed by atoms with Crippen LogP contribution in [-0.4, -0.2) is 35.8 Å². The van der Waals surface area contributed by atoms with Gasteiger partial charge in [0.1, 0.15) is 0 Å². The molecule has 2 amide bonds. The van der Waals surface area contributed by atoms with E-state index in [1.54, 1.807) is 0 Å². The standard InChI is InChI=1S/C11H11N3O6/c15-9(12-6-10(16)17)5-13-11(18)7-1-3-8(4-2-7)14(19)20/h1-4H,5-6H2,(H,12,15)(H,13,18)(H,16,17)/p-1. The number of nitrogens with zero attached hydrogens (tertiary/aromatic N) is 1. The van der Waals surface area contributed by atoms with Gasteiger partial charge in [-0.1, -0.05) is 0 Å². The van der Waals surface area contributed by atoms with E-state index in [-0.39, 0.29) is 11.3 Å². The first-order chi connectivity index (χ1) is 9.40. The summed E-state index contributed by atoms with van der Waals surface area (Å²) in [6, 6.07) is 4.80. The van der Waals surface area contributed by atoms with Gasteiger partial charge < -0.3 is 20.5 Å². The summed E-state index contributed by atoms with van der Waals surface area (Å²) < 4.78 is 0. The SMILES string of the molecule is O=C([O-])CNC(=O)CNC(=O)c1ccc([N+](=O)[O-])cc1. The molecule has 0 atom stereocenters. The van der Waals surface area contributed by atoms with Crippen molar-refractivity contribution in [2.75, 3.05) is 13.1 Å². The first kappa shape index (κ1) is 15.1. The van der Waals surface area contributed by atoms with Gasteiger partial charge in [0.05, 0.1) is 24.0 Å². The molecule has 0 fully saturated rings. The molecule has 0 unspecified atom stereocenters. The molecule has 0 aliphatic rings. The molecule has 0 spiro atoms. The minimum atomic E-state index is -1.44. The number of hydrogen-bond acceptors (Lipinski definition) is 6. The van der Waals surface area contributed by atoms with Crippen molar-refractivity contribution >= 4 is 23.5 Å². The molecule has 0 heterocycles. The molecule has 2 N–H and O–H groups in total. The van der Waals surface area contributed by atoms with Gasteiger partial charge in [-0.05, 0) is 12.1 Å². The fourth-order valence-electron chi connectivity index (χ4n) is 1.23. The number of carboxylic acids is 1. The number of benzene rings is 1. The lowest BCUT2D eigenvalue weighted by Gasteiger charge is -2.07. The second-order valence-corrected chi connectivity index (χ2v) is 3.64. The van der Waals surface area contributed by atoms with Gasteiger partial charge in [-0.15, -0.1) is 0 Å². The predicted molar refractivity (Wildman–Crippen MR) is 63.4 cm³/mol. The molecule has 20 heavy (non-hydrogen) atoms. The van der Waals surface area contributed by atoms with Crippen LogP contribution in [0, 0.1) is 10.1 Å². The van der Waals surface area contributed by atoms with E-state index in [1.165, 1.54) is 12.1 Å². The molecule has 0 radical (unpaired) electrons. The predicted octanol–water partition coefficient (Wildman–Crippen LogP) is -1.81. The van der Waals surface area contributed by atoms with Gasteiger partial charge in [0.15, 0.2) is 0 Å². The van der Waals surface area contributed by atoms with Crippen LogP contribution in [0.25, 0.3) is 0 Å². The van der Waals surface area contributed by atoms with Crippen molar-refractivity contribution in [1.29, 1.82) is 0 Å². The van der Waals surface area contributed by atoms with Gasteiger partial charge in [-0.3, -0.25) is 19.7 Å². The monoisotopic (exact) mass is 280 g/mol. The van der Waals surface area contributed by atoms with Gasteiger partial charge in [-0.25, -0.2) is 0 Å². The Morgan fingerprint density at radius 2 is 1.65 bits per heavy atom. The van der Waals surface area contributed by atoms with Gasteiger partial charge >= 0.3 is 0 Å². The van der Waals surface area contributed by atoms with E-state index >= 15 is 0 Å². The lowest BCUT2D eigenvalue weighted by atomic mass is 10.2. The molecular formula is C11H10N3O6-. The van der Waals surface area contributed by atoms with E-state index in [9.17, 15) is 29.6 Å². The largest absolute Gasteiger partial charge is 0.548 e. The molecular weight excluding hydrogens is 270 g/mol. The summed E-state index contributed by atoms with van der Waals surface area (Å²) in [6.07, 6.45) is 0. The van der Waals surface area contributed by atoms with Gasteiger partial charge in [0.25, 0.3) is 11.6 Å². The maximum atomic E-state index is 11.6. The number of nitrogens with one attached hydrogen (secondary N) is 2. The third-order valence-electron chi connectivity index (χ3n) is 2.18. The van der Waals surface area contributed by atoms with Crippen LogP contribution in [0.1, 0.15) is 10.4 Å². The zero-order chi connectivity index (χ0) is 15.1. The van der Waals surface area contributed by atoms with Crippen molar-refractivity contribution in [3.63, 3.8) is 0 Å². The number of carbonyl (C=O) groups excluding carboxylic acids is 3. The van der Waals surface area contributed by atoms with Crippen molar-refractivity contribution in [3.05, 3.63) is 39.9 Å². The zero-order valence-corrected chi connectivity index (χ0v) is 10.1. The lowest BCUT2D eigenvalue weighted by molar-refractivity contribution is -0.384. The number of nitro benzene ring substituents is 1. The Bertz CT molecular complexity index is 540. The minimum Gasteiger partial charge on any atom is -0.548 e. The minimum absolute atomic E-state index is 0.142. The number of aliphatic carboxylic acids is 1. The summed E-state index contributed by atoms with van der Waals surface area (Å²) in [5, 5.41) is 24.8. The Balaban J connectivity index is 2.48. The van der Waals surface area contributed by atoms with E-state index in [0.717, 1.165) is 12.1 Å². The molecule has 0 aliphatic heterocycles. The second-order valence-electron chi connectivity index (χ2n) is 3.64. The fraction of sp³-hybridized carbons (Fsp3) is 0.182.